The second-order valence-corrected chi connectivity index (χ2v) is 8.90. The fraction of sp³-hybridized carbons (Fsp3) is 0.357. The van der Waals surface area contributed by atoms with Crippen LogP contribution in [0.15, 0.2) is 60.7 Å². The molecule has 0 aromatic heterocycles. The summed E-state index contributed by atoms with van der Waals surface area (Å²) in [7, 11) is 0. The van der Waals surface area contributed by atoms with Gasteiger partial charge >= 0.3 is 0 Å². The van der Waals surface area contributed by atoms with Crippen LogP contribution >= 0.6 is 0 Å². The third-order valence-corrected chi connectivity index (χ3v) is 6.52. The van der Waals surface area contributed by atoms with E-state index in [1.807, 2.05) is 6.92 Å². The van der Waals surface area contributed by atoms with Gasteiger partial charge in [-0.3, -0.25) is 14.5 Å². The highest BCUT2D eigenvalue weighted by molar-refractivity contribution is 6.46. The lowest BCUT2D eigenvalue weighted by atomic mass is 9.94. The third-order valence-electron chi connectivity index (χ3n) is 6.52. The van der Waals surface area contributed by atoms with Gasteiger partial charge < -0.3 is 19.5 Å². The molecule has 1 amide bonds. The lowest BCUT2D eigenvalue weighted by Gasteiger charge is -2.29. The summed E-state index contributed by atoms with van der Waals surface area (Å²) in [6.45, 7) is 9.69. The number of Topliss-reactive ketones (excluding diaryl/α,β-unsaturated/α-hetero) is 1. The molecule has 1 N–H and O–H groups in total. The number of aliphatic hydroxyl groups is 1. The van der Waals surface area contributed by atoms with Crippen LogP contribution in [-0.4, -0.2) is 72.6 Å². The number of carbonyl (C=O) groups is 2. The molecule has 1 atom stereocenters. The van der Waals surface area contributed by atoms with Gasteiger partial charge in [-0.05, 0) is 43.2 Å². The number of ether oxygens (including phenoxy) is 2. The van der Waals surface area contributed by atoms with E-state index in [1.54, 1.807) is 42.5 Å². The molecule has 1 unspecified atom stereocenters. The number of hydrogen-bond donors (Lipinski definition) is 1. The number of hydrogen-bond acceptors (Lipinski definition) is 6. The van der Waals surface area contributed by atoms with Gasteiger partial charge in [0.15, 0.2) is 0 Å². The van der Waals surface area contributed by atoms with Crippen LogP contribution in [0.1, 0.15) is 29.2 Å². The van der Waals surface area contributed by atoms with Crippen LogP contribution in [0.4, 0.5) is 4.39 Å². The minimum Gasteiger partial charge on any atom is -0.507 e. The van der Waals surface area contributed by atoms with E-state index in [0.29, 0.717) is 37.6 Å². The minimum absolute atomic E-state index is 0.115. The lowest BCUT2D eigenvalue weighted by Crippen LogP contribution is -2.39. The molecular formula is C28H31FN2O5. The molecule has 2 aliphatic heterocycles. The van der Waals surface area contributed by atoms with Gasteiger partial charge in [0.05, 0.1) is 24.8 Å². The van der Waals surface area contributed by atoms with Crippen molar-refractivity contribution in [3.8, 4) is 5.75 Å². The largest absolute Gasteiger partial charge is 0.507 e. The van der Waals surface area contributed by atoms with Crippen molar-refractivity contribution in [3.05, 3.63) is 83.2 Å². The van der Waals surface area contributed by atoms with Crippen molar-refractivity contribution in [2.75, 3.05) is 46.0 Å². The molecule has 4 rings (SSSR count). The predicted molar refractivity (Wildman–Crippen MR) is 134 cm³/mol. The summed E-state index contributed by atoms with van der Waals surface area (Å²) in [5.74, 6) is -1.83. The van der Waals surface area contributed by atoms with Crippen LogP contribution in [0.2, 0.25) is 0 Å². The van der Waals surface area contributed by atoms with Gasteiger partial charge in [-0.1, -0.05) is 30.9 Å². The maximum atomic E-state index is 15.0. The standard InChI is InChI=1S/C28H31FN2O5/c1-3-15-36-23-10-9-20(18-19(23)2)26(32)24-25(21-7-4-5-8-22(21)29)31(28(34)27(24)33)12-6-11-30-13-16-35-17-14-30/h3-5,7-10,18,25,32H,1,6,11-17H2,2H3. The maximum Gasteiger partial charge on any atom is 0.295 e. The van der Waals surface area contributed by atoms with Gasteiger partial charge in [0.1, 0.15) is 23.9 Å². The second-order valence-electron chi connectivity index (χ2n) is 8.90. The van der Waals surface area contributed by atoms with E-state index < -0.39 is 23.5 Å². The first-order valence-electron chi connectivity index (χ1n) is 12.1. The normalized spacial score (nSPS) is 20.1. The minimum atomic E-state index is -1.02. The zero-order valence-electron chi connectivity index (χ0n) is 20.4. The predicted octanol–water partition coefficient (Wildman–Crippen LogP) is 3.84. The molecule has 8 heteroatoms. The summed E-state index contributed by atoms with van der Waals surface area (Å²) in [6.07, 6.45) is 2.23. The SMILES string of the molecule is C=CCOc1ccc(C(O)=C2C(=O)C(=O)N(CCCN3CCOCC3)C2c2ccccc2F)cc1C. The summed E-state index contributed by atoms with van der Waals surface area (Å²) < 4.78 is 25.9. The zero-order chi connectivity index (χ0) is 25.7. The molecule has 2 aromatic carbocycles. The Hall–Kier alpha value is -3.49. The lowest BCUT2D eigenvalue weighted by molar-refractivity contribution is -0.140. The second kappa shape index (κ2) is 11.5. The van der Waals surface area contributed by atoms with Crippen molar-refractivity contribution in [3.63, 3.8) is 0 Å². The average Bonchev–Trinajstić information content (AvgIpc) is 3.13. The first-order valence-corrected chi connectivity index (χ1v) is 12.1. The van der Waals surface area contributed by atoms with Crippen LogP contribution in [0.25, 0.3) is 5.76 Å². The number of aryl methyl sites for hydroxylation is 1. The van der Waals surface area contributed by atoms with Crippen molar-refractivity contribution in [1.29, 1.82) is 0 Å². The van der Waals surface area contributed by atoms with E-state index >= 15 is 0 Å². The summed E-state index contributed by atoms with van der Waals surface area (Å²) in [6, 6.07) is 10.0. The van der Waals surface area contributed by atoms with Crippen LogP contribution < -0.4 is 4.74 Å². The monoisotopic (exact) mass is 494 g/mol. The van der Waals surface area contributed by atoms with Crippen molar-refractivity contribution in [2.24, 2.45) is 0 Å². The first-order chi connectivity index (χ1) is 17.4. The molecule has 2 fully saturated rings. The van der Waals surface area contributed by atoms with E-state index in [4.69, 9.17) is 9.47 Å². The Morgan fingerprint density at radius 1 is 1.19 bits per heavy atom. The van der Waals surface area contributed by atoms with Crippen molar-refractivity contribution < 1.29 is 28.6 Å². The number of rotatable bonds is 9. The van der Waals surface area contributed by atoms with Gasteiger partial charge in [-0.2, -0.15) is 0 Å². The molecule has 2 heterocycles. The molecule has 7 nitrogen and oxygen atoms in total. The van der Waals surface area contributed by atoms with Gasteiger partial charge in [0.2, 0.25) is 0 Å². The number of carbonyl (C=O) groups excluding carboxylic acids is 2. The van der Waals surface area contributed by atoms with Crippen molar-refractivity contribution in [1.82, 2.24) is 9.80 Å². The van der Waals surface area contributed by atoms with Crippen molar-refractivity contribution >= 4 is 17.4 Å². The van der Waals surface area contributed by atoms with E-state index in [0.717, 1.165) is 25.2 Å². The van der Waals surface area contributed by atoms with Crippen molar-refractivity contribution in [2.45, 2.75) is 19.4 Å². The molecule has 0 aliphatic carbocycles. The molecule has 2 aromatic rings. The Labute approximate surface area is 210 Å². The molecule has 2 aliphatic rings. The molecule has 0 bridgehead atoms. The number of aliphatic hydroxyl groups excluding tert-OH is 1. The Morgan fingerprint density at radius 2 is 1.94 bits per heavy atom. The van der Waals surface area contributed by atoms with E-state index in [1.165, 1.54) is 11.0 Å². The van der Waals surface area contributed by atoms with Crippen LogP contribution in [0.3, 0.4) is 0 Å². The molecule has 190 valence electrons. The molecule has 0 radical (unpaired) electrons. The zero-order valence-corrected chi connectivity index (χ0v) is 20.4. The van der Waals surface area contributed by atoms with Gasteiger partial charge in [0, 0.05) is 37.3 Å². The molecule has 2 saturated heterocycles. The number of benzene rings is 2. The summed E-state index contributed by atoms with van der Waals surface area (Å²) >= 11 is 0. The average molecular weight is 495 g/mol. The summed E-state index contributed by atoms with van der Waals surface area (Å²) in [5, 5.41) is 11.2. The highest BCUT2D eigenvalue weighted by Gasteiger charge is 2.46. The smallest absolute Gasteiger partial charge is 0.295 e. The molecule has 0 saturated carbocycles. The molecule has 0 spiro atoms. The van der Waals surface area contributed by atoms with E-state index in [9.17, 15) is 19.1 Å². The number of ketones is 1. The number of halogens is 1. The van der Waals surface area contributed by atoms with Crippen LogP contribution in [0, 0.1) is 12.7 Å². The van der Waals surface area contributed by atoms with Gasteiger partial charge in [-0.15, -0.1) is 0 Å². The fourth-order valence-corrected chi connectivity index (χ4v) is 4.68. The Kier molecular flexibility index (Phi) is 8.18. The molecule has 36 heavy (non-hydrogen) atoms. The highest BCUT2D eigenvalue weighted by Crippen LogP contribution is 2.40. The number of nitrogens with zero attached hydrogens (tertiary/aromatic N) is 2. The van der Waals surface area contributed by atoms with E-state index in [2.05, 4.69) is 11.5 Å². The van der Waals surface area contributed by atoms with Gasteiger partial charge in [-0.25, -0.2) is 4.39 Å². The summed E-state index contributed by atoms with van der Waals surface area (Å²) in [5.41, 5.74) is 1.15. The number of amides is 1. The van der Waals surface area contributed by atoms with Gasteiger partial charge in [0.25, 0.3) is 11.7 Å². The fourth-order valence-electron chi connectivity index (χ4n) is 4.68. The first kappa shape index (κ1) is 25.6. The maximum absolute atomic E-state index is 15.0. The van der Waals surface area contributed by atoms with E-state index in [-0.39, 0.29) is 23.4 Å². The number of likely N-dealkylation sites (tertiary alicyclic amines) is 1. The number of morpholine rings is 1. The topological polar surface area (TPSA) is 79.3 Å². The Morgan fingerprint density at radius 3 is 2.64 bits per heavy atom. The van der Waals surface area contributed by atoms with Crippen LogP contribution in [-0.2, 0) is 14.3 Å². The highest BCUT2D eigenvalue weighted by atomic mass is 19.1. The quantitative estimate of drug-likeness (QED) is 0.247. The Bertz CT molecular complexity index is 1170. The van der Waals surface area contributed by atoms with Crippen LogP contribution in [0.5, 0.6) is 5.75 Å². The summed E-state index contributed by atoms with van der Waals surface area (Å²) in [4.78, 5) is 29.9. The third kappa shape index (κ3) is 5.34. The molecular weight excluding hydrogens is 463 g/mol. The Balaban J connectivity index is 1.68.